The number of fused-ring (bicyclic) bond motifs is 1. The maximum atomic E-state index is 13.9. The molecule has 2 N–H and O–H groups in total. The van der Waals surface area contributed by atoms with Crippen molar-refractivity contribution < 1.29 is 14.3 Å². The number of aromatic nitrogens is 1. The fraction of sp³-hybridized carbons (Fsp3) is 0.182. The molecular formula is C22H20FN3O2. The predicted octanol–water partition coefficient (Wildman–Crippen LogP) is 3.57. The molecular weight excluding hydrogens is 357 g/mol. The van der Waals surface area contributed by atoms with Crippen LogP contribution < -0.4 is 10.2 Å². The van der Waals surface area contributed by atoms with Crippen molar-refractivity contribution in [3.63, 3.8) is 0 Å². The molecule has 4 rings (SSSR count). The van der Waals surface area contributed by atoms with E-state index in [4.69, 9.17) is 0 Å². The number of carbonyl (C=O) groups excluding carboxylic acids is 1. The van der Waals surface area contributed by atoms with Crippen LogP contribution in [-0.4, -0.2) is 29.1 Å². The van der Waals surface area contributed by atoms with Crippen molar-refractivity contribution in [2.75, 3.05) is 23.3 Å². The molecule has 1 amide bonds. The smallest absolute Gasteiger partial charge is 0.262 e. The van der Waals surface area contributed by atoms with Gasteiger partial charge >= 0.3 is 0 Å². The predicted molar refractivity (Wildman–Crippen MR) is 106 cm³/mol. The van der Waals surface area contributed by atoms with Crippen molar-refractivity contribution in [1.29, 1.82) is 0 Å². The number of carbonyl (C=O) groups is 1. The molecule has 0 spiro atoms. The summed E-state index contributed by atoms with van der Waals surface area (Å²) in [5.74, 6) is -0.254. The molecule has 0 radical (unpaired) electrons. The molecule has 0 saturated heterocycles. The summed E-state index contributed by atoms with van der Waals surface area (Å²) in [5, 5.41) is 13.3. The Bertz CT molecular complexity index is 1010. The summed E-state index contributed by atoms with van der Waals surface area (Å²) in [4.78, 5) is 19.1. The number of benzene rings is 2. The lowest BCUT2D eigenvalue weighted by molar-refractivity contribution is 0.0989. The molecule has 5 nitrogen and oxygen atoms in total. The highest BCUT2D eigenvalue weighted by Crippen LogP contribution is 2.30. The normalized spacial score (nSPS) is 13.9. The average Bonchev–Trinajstić information content (AvgIpc) is 3.16. The van der Waals surface area contributed by atoms with Gasteiger partial charge in [0, 0.05) is 30.5 Å². The van der Waals surface area contributed by atoms with Gasteiger partial charge in [0.2, 0.25) is 0 Å². The van der Waals surface area contributed by atoms with E-state index in [1.807, 2.05) is 24.3 Å². The number of aliphatic hydroxyl groups is 1. The number of rotatable bonds is 5. The Labute approximate surface area is 162 Å². The Morgan fingerprint density at radius 1 is 1.14 bits per heavy atom. The van der Waals surface area contributed by atoms with Crippen molar-refractivity contribution in [3.8, 4) is 0 Å². The first-order valence-electron chi connectivity index (χ1n) is 9.16. The number of amides is 1. The lowest BCUT2D eigenvalue weighted by Gasteiger charge is -2.20. The number of nitrogens with one attached hydrogen (secondary N) is 1. The summed E-state index contributed by atoms with van der Waals surface area (Å²) >= 11 is 0. The Hall–Kier alpha value is -3.25. The number of pyridine rings is 1. The van der Waals surface area contributed by atoms with Gasteiger partial charge in [-0.15, -0.1) is 0 Å². The highest BCUT2D eigenvalue weighted by Gasteiger charge is 2.27. The van der Waals surface area contributed by atoms with E-state index in [0.717, 1.165) is 17.7 Å². The van der Waals surface area contributed by atoms with Crippen LogP contribution in [0, 0.1) is 5.82 Å². The van der Waals surface area contributed by atoms with Gasteiger partial charge in [-0.05, 0) is 36.2 Å². The first kappa shape index (κ1) is 18.1. The van der Waals surface area contributed by atoms with E-state index in [1.165, 1.54) is 12.1 Å². The summed E-state index contributed by atoms with van der Waals surface area (Å²) in [6.45, 7) is 0.652. The van der Waals surface area contributed by atoms with Crippen molar-refractivity contribution in [1.82, 2.24) is 4.98 Å². The van der Waals surface area contributed by atoms with E-state index in [9.17, 15) is 14.3 Å². The third-order valence-corrected chi connectivity index (χ3v) is 4.90. The molecule has 1 atom stereocenters. The fourth-order valence-electron chi connectivity index (χ4n) is 3.46. The third-order valence-electron chi connectivity index (χ3n) is 4.90. The minimum Gasteiger partial charge on any atom is -0.386 e. The number of aliphatic hydroxyl groups excluding tert-OH is 1. The zero-order chi connectivity index (χ0) is 19.5. The van der Waals surface area contributed by atoms with Crippen LogP contribution in [0.25, 0.3) is 0 Å². The molecule has 1 aromatic heterocycles. The number of anilines is 2. The highest BCUT2D eigenvalue weighted by molar-refractivity contribution is 6.10. The Balaban J connectivity index is 1.53. The standard InChI is InChI=1S/C22H20FN3O2/c23-18-9-3-2-7-16(18)20(27)14-25-21-17(8-5-12-24-21)22(28)26-13-11-15-6-1-4-10-19(15)26/h1-10,12,20,27H,11,13-14H2,(H,24,25). The van der Waals surface area contributed by atoms with E-state index in [-0.39, 0.29) is 18.0 Å². The Kier molecular flexibility index (Phi) is 5.04. The number of para-hydroxylation sites is 1. The first-order valence-corrected chi connectivity index (χ1v) is 9.16. The van der Waals surface area contributed by atoms with Crippen molar-refractivity contribution in [2.24, 2.45) is 0 Å². The molecule has 1 aliphatic heterocycles. The van der Waals surface area contributed by atoms with Gasteiger partial charge in [0.25, 0.3) is 5.91 Å². The zero-order valence-corrected chi connectivity index (χ0v) is 15.2. The molecule has 3 aromatic rings. The molecule has 1 aliphatic rings. The third kappa shape index (κ3) is 3.46. The van der Waals surface area contributed by atoms with Crippen LogP contribution >= 0.6 is 0 Å². The molecule has 0 fully saturated rings. The second-order valence-electron chi connectivity index (χ2n) is 6.65. The monoisotopic (exact) mass is 377 g/mol. The van der Waals surface area contributed by atoms with E-state index < -0.39 is 11.9 Å². The van der Waals surface area contributed by atoms with Gasteiger partial charge < -0.3 is 15.3 Å². The molecule has 0 bridgehead atoms. The second-order valence-corrected chi connectivity index (χ2v) is 6.65. The molecule has 1 unspecified atom stereocenters. The summed E-state index contributed by atoms with van der Waals surface area (Å²) < 4.78 is 13.9. The summed E-state index contributed by atoms with van der Waals surface area (Å²) in [5.41, 5.74) is 2.67. The largest absolute Gasteiger partial charge is 0.386 e. The summed E-state index contributed by atoms with van der Waals surface area (Å²) in [6, 6.07) is 17.3. The first-order chi connectivity index (χ1) is 13.6. The SMILES string of the molecule is O=C(c1cccnc1NCC(O)c1ccccc1F)N1CCc2ccccc21. The maximum absolute atomic E-state index is 13.9. The molecule has 142 valence electrons. The lowest BCUT2D eigenvalue weighted by Crippen LogP contribution is -2.30. The molecule has 0 saturated carbocycles. The molecule has 28 heavy (non-hydrogen) atoms. The average molecular weight is 377 g/mol. The van der Waals surface area contributed by atoms with Gasteiger partial charge in [-0.1, -0.05) is 36.4 Å². The molecule has 2 heterocycles. The van der Waals surface area contributed by atoms with Crippen molar-refractivity contribution >= 4 is 17.4 Å². The van der Waals surface area contributed by atoms with E-state index >= 15 is 0 Å². The number of hydrogen-bond donors (Lipinski definition) is 2. The minimum absolute atomic E-state index is 0.0365. The van der Waals surface area contributed by atoms with Crippen LogP contribution in [0.1, 0.15) is 27.6 Å². The highest BCUT2D eigenvalue weighted by atomic mass is 19.1. The van der Waals surface area contributed by atoms with Crippen LogP contribution in [0.4, 0.5) is 15.9 Å². The number of nitrogens with zero attached hydrogens (tertiary/aromatic N) is 2. The van der Waals surface area contributed by atoms with Gasteiger partial charge in [-0.3, -0.25) is 4.79 Å². The van der Waals surface area contributed by atoms with Gasteiger partial charge in [-0.2, -0.15) is 0 Å². The fourth-order valence-corrected chi connectivity index (χ4v) is 3.46. The Morgan fingerprint density at radius 3 is 2.79 bits per heavy atom. The van der Waals surface area contributed by atoms with E-state index in [0.29, 0.717) is 17.9 Å². The second kappa shape index (κ2) is 7.78. The van der Waals surface area contributed by atoms with Gasteiger partial charge in [0.05, 0.1) is 11.7 Å². The Morgan fingerprint density at radius 2 is 1.93 bits per heavy atom. The van der Waals surface area contributed by atoms with E-state index in [2.05, 4.69) is 10.3 Å². The number of hydrogen-bond acceptors (Lipinski definition) is 4. The van der Waals surface area contributed by atoms with Crippen LogP contribution in [0.5, 0.6) is 0 Å². The molecule has 0 aliphatic carbocycles. The maximum Gasteiger partial charge on any atom is 0.262 e. The summed E-state index contributed by atoms with van der Waals surface area (Å²) in [7, 11) is 0. The topological polar surface area (TPSA) is 65.5 Å². The van der Waals surface area contributed by atoms with Crippen LogP contribution in [-0.2, 0) is 6.42 Å². The zero-order valence-electron chi connectivity index (χ0n) is 15.2. The van der Waals surface area contributed by atoms with E-state index in [1.54, 1.807) is 35.4 Å². The van der Waals surface area contributed by atoms with Gasteiger partial charge in [-0.25, -0.2) is 9.37 Å². The molecule has 6 heteroatoms. The minimum atomic E-state index is -1.06. The lowest BCUT2D eigenvalue weighted by atomic mass is 10.1. The summed E-state index contributed by atoms with van der Waals surface area (Å²) in [6.07, 6.45) is 1.34. The van der Waals surface area contributed by atoms with Gasteiger partial charge in [0.15, 0.2) is 0 Å². The molecule has 2 aromatic carbocycles. The van der Waals surface area contributed by atoms with Crippen LogP contribution in [0.2, 0.25) is 0 Å². The van der Waals surface area contributed by atoms with Crippen molar-refractivity contribution in [3.05, 3.63) is 89.4 Å². The quantitative estimate of drug-likeness (QED) is 0.713. The van der Waals surface area contributed by atoms with Crippen LogP contribution in [0.15, 0.2) is 66.9 Å². The number of halogens is 1. The van der Waals surface area contributed by atoms with Crippen LogP contribution in [0.3, 0.4) is 0 Å². The van der Waals surface area contributed by atoms with Gasteiger partial charge in [0.1, 0.15) is 11.6 Å². The van der Waals surface area contributed by atoms with Crippen molar-refractivity contribution in [2.45, 2.75) is 12.5 Å².